The fourth-order valence-corrected chi connectivity index (χ4v) is 2.66. The second-order valence-electron chi connectivity index (χ2n) is 5.74. The number of hydrogen-bond acceptors (Lipinski definition) is 2. The van der Waals surface area contributed by atoms with Gasteiger partial charge in [-0.05, 0) is 26.3 Å². The van der Waals surface area contributed by atoms with Crippen LogP contribution in [0.1, 0.15) is 25.8 Å². The highest BCUT2D eigenvalue weighted by molar-refractivity contribution is 5.88. The molecule has 1 saturated heterocycles. The summed E-state index contributed by atoms with van der Waals surface area (Å²) in [5, 5.41) is 0. The van der Waals surface area contributed by atoms with E-state index in [-0.39, 0.29) is 17.7 Å². The monoisotopic (exact) mass is 278 g/mol. The van der Waals surface area contributed by atoms with Gasteiger partial charge in [0.2, 0.25) is 11.8 Å². The van der Waals surface area contributed by atoms with Gasteiger partial charge in [-0.3, -0.25) is 9.59 Å². The molecule has 5 heteroatoms. The normalized spacial score (nSPS) is 19.1. The number of primary amides is 1. The molecular formula is C15H19FN2O2. The van der Waals surface area contributed by atoms with E-state index in [4.69, 9.17) is 5.73 Å². The molecule has 1 atom stereocenters. The summed E-state index contributed by atoms with van der Waals surface area (Å²) in [6.07, 6.45) is 0.578. The number of carbonyl (C=O) groups excluding carboxylic acids is 2. The third-order valence-corrected chi connectivity index (χ3v) is 3.96. The molecular weight excluding hydrogens is 259 g/mol. The van der Waals surface area contributed by atoms with Crippen LogP contribution in [0.15, 0.2) is 24.3 Å². The Bertz CT molecular complexity index is 542. The van der Waals surface area contributed by atoms with Crippen molar-refractivity contribution in [3.63, 3.8) is 0 Å². The number of amides is 2. The molecule has 1 heterocycles. The summed E-state index contributed by atoms with van der Waals surface area (Å²) in [7, 11) is 0. The lowest BCUT2D eigenvalue weighted by Crippen LogP contribution is -2.43. The van der Waals surface area contributed by atoms with Gasteiger partial charge in [0.25, 0.3) is 0 Å². The van der Waals surface area contributed by atoms with Gasteiger partial charge in [-0.25, -0.2) is 4.39 Å². The number of benzene rings is 1. The van der Waals surface area contributed by atoms with Gasteiger partial charge in [0, 0.05) is 18.7 Å². The molecule has 0 unspecified atom stereocenters. The Morgan fingerprint density at radius 2 is 2.00 bits per heavy atom. The van der Waals surface area contributed by atoms with Crippen molar-refractivity contribution < 1.29 is 14.0 Å². The van der Waals surface area contributed by atoms with Gasteiger partial charge < -0.3 is 10.6 Å². The Kier molecular flexibility index (Phi) is 3.79. The fourth-order valence-electron chi connectivity index (χ4n) is 2.66. The molecule has 1 aromatic rings. The highest BCUT2D eigenvalue weighted by atomic mass is 19.1. The molecule has 0 spiro atoms. The van der Waals surface area contributed by atoms with E-state index in [1.807, 2.05) is 0 Å². The largest absolute Gasteiger partial charge is 0.369 e. The second kappa shape index (κ2) is 5.23. The van der Waals surface area contributed by atoms with Crippen LogP contribution in [0.2, 0.25) is 0 Å². The zero-order valence-corrected chi connectivity index (χ0v) is 11.7. The Labute approximate surface area is 117 Å². The standard InChI is InChI=1S/C15H19FN2O2/c1-15(2,11-5-3-4-6-12(11)16)14(20)18-8-7-10(9-18)13(17)19/h3-6,10H,7-9H2,1-2H3,(H2,17,19)/t10-/m0/s1. The molecule has 108 valence electrons. The van der Waals surface area contributed by atoms with Crippen LogP contribution in [0.25, 0.3) is 0 Å². The number of carbonyl (C=O) groups is 2. The maximum atomic E-state index is 13.9. The van der Waals surface area contributed by atoms with E-state index in [0.717, 1.165) is 0 Å². The smallest absolute Gasteiger partial charge is 0.232 e. The van der Waals surface area contributed by atoms with Crippen LogP contribution in [0.5, 0.6) is 0 Å². The van der Waals surface area contributed by atoms with Crippen LogP contribution in [-0.2, 0) is 15.0 Å². The minimum absolute atomic E-state index is 0.175. The van der Waals surface area contributed by atoms with Gasteiger partial charge in [-0.1, -0.05) is 18.2 Å². The lowest BCUT2D eigenvalue weighted by atomic mass is 9.83. The van der Waals surface area contributed by atoms with Crippen LogP contribution in [0.3, 0.4) is 0 Å². The third kappa shape index (κ3) is 2.53. The quantitative estimate of drug-likeness (QED) is 0.909. The number of nitrogens with two attached hydrogens (primary N) is 1. The Morgan fingerprint density at radius 1 is 1.35 bits per heavy atom. The highest BCUT2D eigenvalue weighted by Gasteiger charge is 2.39. The summed E-state index contributed by atoms with van der Waals surface area (Å²) in [6, 6.07) is 6.28. The molecule has 0 bridgehead atoms. The first kappa shape index (κ1) is 14.5. The molecule has 0 saturated carbocycles. The molecule has 2 rings (SSSR count). The number of likely N-dealkylation sites (tertiary alicyclic amines) is 1. The van der Waals surface area contributed by atoms with Gasteiger partial charge in [0.1, 0.15) is 5.82 Å². The van der Waals surface area contributed by atoms with Gasteiger partial charge in [0.05, 0.1) is 11.3 Å². The summed E-state index contributed by atoms with van der Waals surface area (Å²) >= 11 is 0. The lowest BCUT2D eigenvalue weighted by Gasteiger charge is -2.30. The molecule has 2 N–H and O–H groups in total. The highest BCUT2D eigenvalue weighted by Crippen LogP contribution is 2.30. The number of nitrogens with zero attached hydrogens (tertiary/aromatic N) is 1. The molecule has 1 fully saturated rings. The summed E-state index contributed by atoms with van der Waals surface area (Å²) in [5.74, 6) is -1.25. The van der Waals surface area contributed by atoms with Crippen molar-refractivity contribution in [3.8, 4) is 0 Å². The molecule has 1 aliphatic heterocycles. The first-order chi connectivity index (χ1) is 9.34. The van der Waals surface area contributed by atoms with Gasteiger partial charge in [0.15, 0.2) is 0 Å². The van der Waals surface area contributed by atoms with Crippen LogP contribution < -0.4 is 5.73 Å². The van der Waals surface area contributed by atoms with Gasteiger partial charge in [-0.2, -0.15) is 0 Å². The SMILES string of the molecule is CC(C)(C(=O)N1CC[C@H](C(N)=O)C1)c1ccccc1F. The van der Waals surface area contributed by atoms with Crippen molar-refractivity contribution in [2.45, 2.75) is 25.7 Å². The predicted octanol–water partition coefficient (Wildman–Crippen LogP) is 1.44. The fraction of sp³-hybridized carbons (Fsp3) is 0.467. The predicted molar refractivity (Wildman–Crippen MR) is 73.3 cm³/mol. The average Bonchev–Trinajstić information content (AvgIpc) is 2.87. The van der Waals surface area contributed by atoms with Crippen molar-refractivity contribution in [3.05, 3.63) is 35.6 Å². The Balaban J connectivity index is 2.20. The number of rotatable bonds is 3. The van der Waals surface area contributed by atoms with Crippen molar-refractivity contribution in [1.82, 2.24) is 4.90 Å². The Morgan fingerprint density at radius 3 is 2.55 bits per heavy atom. The average molecular weight is 278 g/mol. The topological polar surface area (TPSA) is 63.4 Å². The molecule has 4 nitrogen and oxygen atoms in total. The third-order valence-electron chi connectivity index (χ3n) is 3.96. The van der Waals surface area contributed by atoms with Crippen LogP contribution in [0.4, 0.5) is 4.39 Å². The Hall–Kier alpha value is -1.91. The zero-order chi connectivity index (χ0) is 14.9. The molecule has 0 aliphatic carbocycles. The lowest BCUT2D eigenvalue weighted by molar-refractivity contribution is -0.135. The first-order valence-corrected chi connectivity index (χ1v) is 6.67. The van der Waals surface area contributed by atoms with Crippen molar-refractivity contribution in [2.75, 3.05) is 13.1 Å². The van der Waals surface area contributed by atoms with Crippen molar-refractivity contribution in [1.29, 1.82) is 0 Å². The number of halogens is 1. The molecule has 20 heavy (non-hydrogen) atoms. The maximum absolute atomic E-state index is 13.9. The molecule has 0 aromatic heterocycles. The van der Waals surface area contributed by atoms with E-state index in [1.54, 1.807) is 36.9 Å². The molecule has 0 radical (unpaired) electrons. The van der Waals surface area contributed by atoms with Gasteiger partial charge >= 0.3 is 0 Å². The van der Waals surface area contributed by atoms with E-state index < -0.39 is 11.2 Å². The van der Waals surface area contributed by atoms with Crippen molar-refractivity contribution >= 4 is 11.8 Å². The summed E-state index contributed by atoms with van der Waals surface area (Å²) in [6.45, 7) is 4.22. The second-order valence-corrected chi connectivity index (χ2v) is 5.74. The summed E-state index contributed by atoms with van der Waals surface area (Å²) in [5.41, 5.74) is 4.68. The van der Waals surface area contributed by atoms with E-state index in [0.29, 0.717) is 25.1 Å². The molecule has 1 aromatic carbocycles. The minimum atomic E-state index is -0.960. The summed E-state index contributed by atoms with van der Waals surface area (Å²) in [4.78, 5) is 25.4. The van der Waals surface area contributed by atoms with E-state index >= 15 is 0 Å². The minimum Gasteiger partial charge on any atom is -0.369 e. The van der Waals surface area contributed by atoms with E-state index in [2.05, 4.69) is 0 Å². The first-order valence-electron chi connectivity index (χ1n) is 6.67. The van der Waals surface area contributed by atoms with Gasteiger partial charge in [-0.15, -0.1) is 0 Å². The summed E-state index contributed by atoms with van der Waals surface area (Å²) < 4.78 is 13.9. The van der Waals surface area contributed by atoms with E-state index in [9.17, 15) is 14.0 Å². The van der Waals surface area contributed by atoms with Crippen LogP contribution in [0, 0.1) is 11.7 Å². The zero-order valence-electron chi connectivity index (χ0n) is 11.7. The van der Waals surface area contributed by atoms with Crippen LogP contribution >= 0.6 is 0 Å². The maximum Gasteiger partial charge on any atom is 0.232 e. The van der Waals surface area contributed by atoms with Crippen molar-refractivity contribution in [2.24, 2.45) is 11.7 Å². The van der Waals surface area contributed by atoms with E-state index in [1.165, 1.54) is 6.07 Å². The molecule has 2 amide bonds. The van der Waals surface area contributed by atoms with Crippen LogP contribution in [-0.4, -0.2) is 29.8 Å². The number of hydrogen-bond donors (Lipinski definition) is 1. The molecule has 1 aliphatic rings.